The topological polar surface area (TPSA) is 51.5 Å². The van der Waals surface area contributed by atoms with Crippen molar-refractivity contribution >= 4 is 40.1 Å². The number of carboxylic acids is 1. The zero-order valence-electron chi connectivity index (χ0n) is 16.5. The molecule has 0 aliphatic carbocycles. The van der Waals surface area contributed by atoms with Gasteiger partial charge in [-0.3, -0.25) is 0 Å². The Balaban J connectivity index is 1.77. The predicted molar refractivity (Wildman–Crippen MR) is 120 cm³/mol. The molecule has 158 valence electrons. The van der Waals surface area contributed by atoms with Crippen LogP contribution in [0.25, 0.3) is 10.9 Å². The lowest BCUT2D eigenvalue weighted by Crippen LogP contribution is -2.10. The summed E-state index contributed by atoms with van der Waals surface area (Å²) < 4.78 is 22.6. The molecule has 31 heavy (non-hydrogen) atoms. The minimum atomic E-state index is -1.14. The Labute approximate surface area is 188 Å². The fourth-order valence-corrected chi connectivity index (χ4v) is 4.00. The number of carboxylic acid groups (broad SMARTS) is 1. The van der Waals surface area contributed by atoms with E-state index in [1.54, 1.807) is 35.8 Å². The van der Waals surface area contributed by atoms with E-state index < -0.39 is 11.8 Å². The van der Waals surface area contributed by atoms with Crippen molar-refractivity contribution in [3.8, 4) is 5.75 Å². The van der Waals surface area contributed by atoms with Crippen molar-refractivity contribution in [2.45, 2.75) is 20.1 Å². The van der Waals surface area contributed by atoms with E-state index >= 15 is 4.39 Å². The fraction of sp³-hybridized carbons (Fsp3) is 0.125. The van der Waals surface area contributed by atoms with Crippen molar-refractivity contribution < 1.29 is 19.0 Å². The number of aryl methyl sites for hydroxylation is 1. The number of hydrogen-bond acceptors (Lipinski definition) is 2. The highest BCUT2D eigenvalue weighted by Crippen LogP contribution is 2.34. The van der Waals surface area contributed by atoms with Gasteiger partial charge in [-0.25, -0.2) is 9.18 Å². The van der Waals surface area contributed by atoms with Gasteiger partial charge in [0, 0.05) is 11.9 Å². The van der Waals surface area contributed by atoms with Crippen LogP contribution in [-0.4, -0.2) is 15.6 Å². The molecule has 0 atom stereocenters. The van der Waals surface area contributed by atoms with Crippen LogP contribution in [0.1, 0.15) is 27.2 Å². The maximum Gasteiger partial charge on any atom is 0.352 e. The average Bonchev–Trinajstić information content (AvgIpc) is 3.03. The molecule has 0 amide bonds. The van der Waals surface area contributed by atoms with Gasteiger partial charge in [0.25, 0.3) is 0 Å². The summed E-state index contributed by atoms with van der Waals surface area (Å²) in [5.74, 6) is -1.65. The largest absolute Gasteiger partial charge is 0.486 e. The monoisotopic (exact) mass is 457 g/mol. The van der Waals surface area contributed by atoms with Crippen molar-refractivity contribution in [1.29, 1.82) is 0 Å². The van der Waals surface area contributed by atoms with Crippen LogP contribution in [0.4, 0.5) is 4.39 Å². The molecular weight excluding hydrogens is 440 g/mol. The maximum atomic E-state index is 15.4. The van der Waals surface area contributed by atoms with Gasteiger partial charge in [-0.15, -0.1) is 0 Å². The van der Waals surface area contributed by atoms with Gasteiger partial charge in [0.2, 0.25) is 0 Å². The number of hydrogen-bond donors (Lipinski definition) is 1. The third kappa shape index (κ3) is 4.11. The molecule has 0 fully saturated rings. The average molecular weight is 458 g/mol. The molecule has 3 aromatic carbocycles. The second-order valence-electron chi connectivity index (χ2n) is 7.16. The van der Waals surface area contributed by atoms with E-state index in [0.29, 0.717) is 21.1 Å². The van der Waals surface area contributed by atoms with Crippen molar-refractivity contribution in [3.63, 3.8) is 0 Å². The van der Waals surface area contributed by atoms with Crippen LogP contribution >= 0.6 is 23.2 Å². The van der Waals surface area contributed by atoms with Gasteiger partial charge in [-0.2, -0.15) is 0 Å². The summed E-state index contributed by atoms with van der Waals surface area (Å²) >= 11 is 12.1. The number of aromatic carboxylic acids is 1. The Kier molecular flexibility index (Phi) is 5.90. The highest BCUT2D eigenvalue weighted by Gasteiger charge is 2.24. The van der Waals surface area contributed by atoms with Crippen LogP contribution in [0.2, 0.25) is 10.0 Å². The van der Waals surface area contributed by atoms with E-state index in [2.05, 4.69) is 0 Å². The molecule has 0 unspecified atom stereocenters. The molecule has 0 spiro atoms. The quantitative estimate of drug-likeness (QED) is 0.349. The van der Waals surface area contributed by atoms with E-state index in [0.717, 1.165) is 11.1 Å². The number of nitrogens with zero attached hydrogens (tertiary/aromatic N) is 1. The fourth-order valence-electron chi connectivity index (χ4n) is 3.68. The molecular formula is C24H18Cl2FNO3. The number of aromatic nitrogens is 1. The standard InChI is InChI=1S/C24H18Cl2FNO3/c1-14-21-19(9-10-20(22(21)27)31-13-15-5-3-2-4-6-15)28(23(14)24(29)30)12-16-7-8-17(25)18(26)11-16/h2-11H,12-13H2,1H3,(H,29,30). The molecule has 1 N–H and O–H groups in total. The molecule has 0 radical (unpaired) electrons. The van der Waals surface area contributed by atoms with Gasteiger partial charge in [-0.1, -0.05) is 59.6 Å². The summed E-state index contributed by atoms with van der Waals surface area (Å²) in [7, 11) is 0. The zero-order valence-corrected chi connectivity index (χ0v) is 18.0. The minimum Gasteiger partial charge on any atom is -0.486 e. The van der Waals surface area contributed by atoms with Crippen molar-refractivity contribution in [3.05, 3.63) is 98.9 Å². The summed E-state index contributed by atoms with van der Waals surface area (Å²) in [6.45, 7) is 2.01. The summed E-state index contributed by atoms with van der Waals surface area (Å²) in [6, 6.07) is 17.7. The number of fused-ring (bicyclic) bond motifs is 1. The Hall–Kier alpha value is -3.02. The first-order valence-corrected chi connectivity index (χ1v) is 10.3. The Bertz CT molecular complexity index is 1290. The molecule has 4 rings (SSSR count). The van der Waals surface area contributed by atoms with E-state index in [4.69, 9.17) is 27.9 Å². The lowest BCUT2D eigenvalue weighted by molar-refractivity contribution is 0.0685. The van der Waals surface area contributed by atoms with Crippen LogP contribution in [0.5, 0.6) is 5.75 Å². The zero-order chi connectivity index (χ0) is 22.1. The van der Waals surface area contributed by atoms with Gasteiger partial charge < -0.3 is 14.4 Å². The third-order valence-electron chi connectivity index (χ3n) is 5.14. The molecule has 1 aromatic heterocycles. The van der Waals surface area contributed by atoms with Gasteiger partial charge >= 0.3 is 5.97 Å². The highest BCUT2D eigenvalue weighted by molar-refractivity contribution is 6.42. The van der Waals surface area contributed by atoms with E-state index in [9.17, 15) is 9.90 Å². The van der Waals surface area contributed by atoms with Crippen LogP contribution in [0.15, 0.2) is 60.7 Å². The second-order valence-corrected chi connectivity index (χ2v) is 7.97. The molecule has 4 nitrogen and oxygen atoms in total. The summed E-state index contributed by atoms with van der Waals surface area (Å²) in [5, 5.41) is 10.8. The first kappa shape index (κ1) is 21.2. The smallest absolute Gasteiger partial charge is 0.352 e. The minimum absolute atomic E-state index is 0.0141. The number of carbonyl (C=O) groups is 1. The molecule has 7 heteroatoms. The van der Waals surface area contributed by atoms with Gasteiger partial charge in [0.15, 0.2) is 11.6 Å². The summed E-state index contributed by atoms with van der Waals surface area (Å²) in [5.41, 5.74) is 2.47. The summed E-state index contributed by atoms with van der Waals surface area (Å²) in [6.07, 6.45) is 0. The first-order valence-electron chi connectivity index (χ1n) is 9.52. The van der Waals surface area contributed by atoms with Gasteiger partial charge in [0.1, 0.15) is 12.3 Å². The van der Waals surface area contributed by atoms with E-state index in [1.165, 1.54) is 6.07 Å². The lowest BCUT2D eigenvalue weighted by Gasteiger charge is -2.11. The Morgan fingerprint density at radius 1 is 1.03 bits per heavy atom. The third-order valence-corrected chi connectivity index (χ3v) is 5.88. The number of ether oxygens (including phenoxy) is 1. The molecule has 0 aliphatic rings. The number of rotatable bonds is 6. The highest BCUT2D eigenvalue weighted by atomic mass is 35.5. The molecule has 1 heterocycles. The lowest BCUT2D eigenvalue weighted by atomic mass is 10.1. The molecule has 0 aliphatic heterocycles. The predicted octanol–water partition coefficient (Wildman–Crippen LogP) is 6.72. The SMILES string of the molecule is Cc1c(C(=O)O)n(Cc2ccc(Cl)c(Cl)c2)c2ccc(OCc3ccccc3)c(F)c12. The summed E-state index contributed by atoms with van der Waals surface area (Å²) in [4.78, 5) is 12.0. The molecule has 0 saturated carbocycles. The van der Waals surface area contributed by atoms with Crippen molar-refractivity contribution in [1.82, 2.24) is 4.57 Å². The second kappa shape index (κ2) is 8.61. The van der Waals surface area contributed by atoms with Crippen molar-refractivity contribution in [2.75, 3.05) is 0 Å². The van der Waals surface area contributed by atoms with E-state index in [-0.39, 0.29) is 30.0 Å². The van der Waals surface area contributed by atoms with E-state index in [1.807, 2.05) is 30.3 Å². The van der Waals surface area contributed by atoms with Crippen LogP contribution in [-0.2, 0) is 13.2 Å². The molecule has 0 saturated heterocycles. The molecule has 0 bridgehead atoms. The maximum absolute atomic E-state index is 15.4. The first-order chi connectivity index (χ1) is 14.9. The van der Waals surface area contributed by atoms with Crippen LogP contribution in [0, 0.1) is 12.7 Å². The van der Waals surface area contributed by atoms with Crippen molar-refractivity contribution in [2.24, 2.45) is 0 Å². The molecule has 4 aromatic rings. The van der Waals surface area contributed by atoms with Crippen LogP contribution < -0.4 is 4.74 Å². The Morgan fingerprint density at radius 3 is 2.45 bits per heavy atom. The van der Waals surface area contributed by atoms with Gasteiger partial charge in [0.05, 0.1) is 15.6 Å². The Morgan fingerprint density at radius 2 is 1.77 bits per heavy atom. The van der Waals surface area contributed by atoms with Gasteiger partial charge in [-0.05, 0) is 47.9 Å². The number of halogens is 3. The van der Waals surface area contributed by atoms with Crippen LogP contribution in [0.3, 0.4) is 0 Å². The number of benzene rings is 3. The normalized spacial score (nSPS) is 11.1.